The summed E-state index contributed by atoms with van der Waals surface area (Å²) in [6, 6.07) is 0. The molecular formula is C11H22. The summed E-state index contributed by atoms with van der Waals surface area (Å²) in [6.45, 7) is 9.04. The lowest BCUT2D eigenvalue weighted by atomic mass is 9.98. The summed E-state index contributed by atoms with van der Waals surface area (Å²) < 4.78 is 0. The van der Waals surface area contributed by atoms with Gasteiger partial charge >= 0.3 is 0 Å². The molecule has 0 aromatic carbocycles. The Balaban J connectivity index is 3.98. The minimum Gasteiger partial charge on any atom is -0.0823 e. The van der Waals surface area contributed by atoms with Crippen molar-refractivity contribution in [3.63, 3.8) is 0 Å². The van der Waals surface area contributed by atoms with E-state index in [1.165, 1.54) is 25.7 Å². The molecule has 0 aromatic heterocycles. The molecule has 0 aliphatic heterocycles. The number of hydrogen-bond donors (Lipinski definition) is 0. The van der Waals surface area contributed by atoms with E-state index >= 15 is 0 Å². The van der Waals surface area contributed by atoms with E-state index < -0.39 is 0 Å². The van der Waals surface area contributed by atoms with Crippen LogP contribution in [0.25, 0.3) is 0 Å². The molecule has 0 atom stereocenters. The normalized spacial score (nSPS) is 10.3. The Kier molecular flexibility index (Phi) is 6.30. The van der Waals surface area contributed by atoms with Gasteiger partial charge in [-0.05, 0) is 31.6 Å². The molecule has 0 heteroatoms. The largest absolute Gasteiger partial charge is 0.0823 e. The smallest absolute Gasteiger partial charge is 0.0236 e. The summed E-state index contributed by atoms with van der Waals surface area (Å²) in [6.07, 6.45) is 7.51. The van der Waals surface area contributed by atoms with Gasteiger partial charge in [-0.3, -0.25) is 0 Å². The third-order valence-electron chi connectivity index (χ3n) is 2.43. The highest BCUT2D eigenvalue weighted by atomic mass is 14.1. The summed E-state index contributed by atoms with van der Waals surface area (Å²) in [5.74, 6) is 0.824. The molecule has 66 valence electrons. The van der Waals surface area contributed by atoms with E-state index in [2.05, 4.69) is 33.8 Å². The van der Waals surface area contributed by atoms with Crippen LogP contribution in [0.5, 0.6) is 0 Å². The predicted molar refractivity (Wildman–Crippen MR) is 52.7 cm³/mol. The van der Waals surface area contributed by atoms with Crippen LogP contribution in [-0.2, 0) is 0 Å². The van der Waals surface area contributed by atoms with Gasteiger partial charge in [-0.1, -0.05) is 39.3 Å². The van der Waals surface area contributed by atoms with Crippen LogP contribution in [0.2, 0.25) is 0 Å². The number of hydrogen-bond acceptors (Lipinski definition) is 0. The zero-order chi connectivity index (χ0) is 8.69. The van der Waals surface area contributed by atoms with E-state index in [1.807, 2.05) is 0 Å². The fraction of sp³-hybridized carbons (Fsp3) is 0.818. The molecule has 0 unspecified atom stereocenters. The fourth-order valence-electron chi connectivity index (χ4n) is 1.34. The zero-order valence-corrected chi connectivity index (χ0v) is 8.48. The third-order valence-corrected chi connectivity index (χ3v) is 2.43. The summed E-state index contributed by atoms with van der Waals surface area (Å²) in [7, 11) is 0. The molecule has 0 radical (unpaired) electrons. The van der Waals surface area contributed by atoms with E-state index in [1.54, 1.807) is 5.57 Å². The maximum absolute atomic E-state index is 2.47. The summed E-state index contributed by atoms with van der Waals surface area (Å²) in [5.41, 5.74) is 1.62. The molecule has 0 aliphatic rings. The van der Waals surface area contributed by atoms with E-state index in [9.17, 15) is 0 Å². The Morgan fingerprint density at radius 1 is 1.00 bits per heavy atom. The standard InChI is InChI=1S/C11H22/c1-5-10(6-2)9-11(7-3)8-4/h9-10H,5-8H2,1-4H3. The molecule has 0 heterocycles. The molecule has 0 spiro atoms. The Morgan fingerprint density at radius 3 is 1.73 bits per heavy atom. The highest BCUT2D eigenvalue weighted by Gasteiger charge is 1.99. The molecule has 0 nitrogen and oxygen atoms in total. The molecular weight excluding hydrogens is 132 g/mol. The maximum Gasteiger partial charge on any atom is -0.0236 e. The van der Waals surface area contributed by atoms with E-state index in [-0.39, 0.29) is 0 Å². The lowest BCUT2D eigenvalue weighted by Crippen LogP contribution is -1.93. The van der Waals surface area contributed by atoms with Crippen LogP contribution >= 0.6 is 0 Å². The Bertz CT molecular complexity index is 101. The fourth-order valence-corrected chi connectivity index (χ4v) is 1.34. The zero-order valence-electron chi connectivity index (χ0n) is 8.48. The van der Waals surface area contributed by atoms with Crippen LogP contribution in [0.4, 0.5) is 0 Å². The molecule has 0 N–H and O–H groups in total. The molecule has 11 heavy (non-hydrogen) atoms. The van der Waals surface area contributed by atoms with E-state index in [4.69, 9.17) is 0 Å². The van der Waals surface area contributed by atoms with Gasteiger partial charge in [0.1, 0.15) is 0 Å². The van der Waals surface area contributed by atoms with E-state index in [0.717, 1.165) is 5.92 Å². The first-order valence-corrected chi connectivity index (χ1v) is 4.97. The van der Waals surface area contributed by atoms with Crippen LogP contribution in [-0.4, -0.2) is 0 Å². The lowest BCUT2D eigenvalue weighted by molar-refractivity contribution is 0.598. The second kappa shape index (κ2) is 6.45. The average Bonchev–Trinajstić information content (AvgIpc) is 2.07. The van der Waals surface area contributed by atoms with Crippen LogP contribution in [0, 0.1) is 5.92 Å². The Morgan fingerprint density at radius 2 is 1.45 bits per heavy atom. The van der Waals surface area contributed by atoms with Crippen LogP contribution < -0.4 is 0 Å². The summed E-state index contributed by atoms with van der Waals surface area (Å²) in [5, 5.41) is 0. The molecule has 0 amide bonds. The van der Waals surface area contributed by atoms with Gasteiger partial charge in [0.2, 0.25) is 0 Å². The van der Waals surface area contributed by atoms with Crippen molar-refractivity contribution in [3.05, 3.63) is 11.6 Å². The van der Waals surface area contributed by atoms with Gasteiger partial charge in [-0.25, -0.2) is 0 Å². The molecule has 0 aliphatic carbocycles. The van der Waals surface area contributed by atoms with Crippen molar-refractivity contribution in [2.24, 2.45) is 5.92 Å². The molecule has 0 bridgehead atoms. The first-order chi connectivity index (χ1) is 5.28. The van der Waals surface area contributed by atoms with Crippen LogP contribution in [0.1, 0.15) is 53.4 Å². The van der Waals surface area contributed by atoms with Gasteiger partial charge in [-0.2, -0.15) is 0 Å². The predicted octanol–water partition coefficient (Wildman–Crippen LogP) is 4.17. The van der Waals surface area contributed by atoms with E-state index in [0.29, 0.717) is 0 Å². The SMILES string of the molecule is CCC(=CC(CC)CC)CC. The molecule has 0 rings (SSSR count). The van der Waals surface area contributed by atoms with Gasteiger partial charge in [0, 0.05) is 0 Å². The minimum atomic E-state index is 0.824. The first-order valence-electron chi connectivity index (χ1n) is 4.97. The Hall–Kier alpha value is -0.260. The van der Waals surface area contributed by atoms with Gasteiger partial charge in [0.15, 0.2) is 0 Å². The van der Waals surface area contributed by atoms with Crippen molar-refractivity contribution in [1.29, 1.82) is 0 Å². The lowest BCUT2D eigenvalue weighted by Gasteiger charge is -2.08. The summed E-state index contributed by atoms with van der Waals surface area (Å²) in [4.78, 5) is 0. The average molecular weight is 154 g/mol. The van der Waals surface area contributed by atoms with Gasteiger partial charge in [0.05, 0.1) is 0 Å². The first kappa shape index (κ1) is 10.7. The van der Waals surface area contributed by atoms with Gasteiger partial charge in [-0.15, -0.1) is 0 Å². The molecule has 0 fully saturated rings. The highest BCUT2D eigenvalue weighted by molar-refractivity contribution is 5.02. The molecule has 0 saturated carbocycles. The Labute approximate surface area is 71.7 Å². The monoisotopic (exact) mass is 154 g/mol. The number of rotatable bonds is 5. The van der Waals surface area contributed by atoms with Gasteiger partial charge < -0.3 is 0 Å². The molecule has 0 aromatic rings. The molecule has 0 saturated heterocycles. The van der Waals surface area contributed by atoms with Crippen molar-refractivity contribution in [2.45, 2.75) is 53.4 Å². The second-order valence-electron chi connectivity index (χ2n) is 3.11. The second-order valence-corrected chi connectivity index (χ2v) is 3.11. The van der Waals surface area contributed by atoms with Crippen molar-refractivity contribution in [3.8, 4) is 0 Å². The summed E-state index contributed by atoms with van der Waals surface area (Å²) >= 11 is 0. The quantitative estimate of drug-likeness (QED) is 0.521. The van der Waals surface area contributed by atoms with Crippen LogP contribution in [0.15, 0.2) is 11.6 Å². The van der Waals surface area contributed by atoms with Gasteiger partial charge in [0.25, 0.3) is 0 Å². The minimum absolute atomic E-state index is 0.824. The maximum atomic E-state index is 2.47. The van der Waals surface area contributed by atoms with Crippen molar-refractivity contribution < 1.29 is 0 Å². The third kappa shape index (κ3) is 4.23. The topological polar surface area (TPSA) is 0 Å². The van der Waals surface area contributed by atoms with Crippen molar-refractivity contribution in [2.75, 3.05) is 0 Å². The number of allylic oxidation sites excluding steroid dienone is 2. The van der Waals surface area contributed by atoms with Crippen LogP contribution in [0.3, 0.4) is 0 Å². The highest BCUT2D eigenvalue weighted by Crippen LogP contribution is 2.15. The van der Waals surface area contributed by atoms with Crippen molar-refractivity contribution in [1.82, 2.24) is 0 Å². The van der Waals surface area contributed by atoms with Crippen molar-refractivity contribution >= 4 is 0 Å².